The molecule has 0 aromatic heterocycles. The molecule has 1 aliphatic rings. The van der Waals surface area contributed by atoms with Crippen molar-refractivity contribution in [2.24, 2.45) is 0 Å². The molecule has 0 N–H and O–H groups in total. The van der Waals surface area contributed by atoms with E-state index in [0.717, 1.165) is 0 Å². The lowest BCUT2D eigenvalue weighted by molar-refractivity contribution is 0.768. The molecule has 0 aliphatic heterocycles. The highest BCUT2D eigenvalue weighted by molar-refractivity contribution is 14.1. The van der Waals surface area contributed by atoms with E-state index in [2.05, 4.69) is 150 Å². The van der Waals surface area contributed by atoms with Gasteiger partial charge in [-0.25, -0.2) is 0 Å². The van der Waals surface area contributed by atoms with Crippen molar-refractivity contribution in [2.45, 2.75) is 5.41 Å². The number of hydrogen-bond acceptors (Lipinski definition) is 0. The molecule has 0 unspecified atom stereocenters. The van der Waals surface area contributed by atoms with Crippen molar-refractivity contribution in [1.82, 2.24) is 0 Å². The minimum Gasteiger partial charge on any atom is -0.0622 e. The molecule has 1 aliphatic carbocycles. The van der Waals surface area contributed by atoms with E-state index in [-0.39, 0.29) is 5.41 Å². The van der Waals surface area contributed by atoms with Gasteiger partial charge >= 0.3 is 0 Å². The normalized spacial score (nSPS) is 13.4. The topological polar surface area (TPSA) is 0 Å². The summed E-state index contributed by atoms with van der Waals surface area (Å²) in [6.07, 6.45) is 0. The Labute approximate surface area is 202 Å². The molecule has 5 aromatic rings. The van der Waals surface area contributed by atoms with Gasteiger partial charge in [-0.1, -0.05) is 115 Å². The lowest BCUT2D eigenvalue weighted by atomic mass is 9.67. The number of hydrogen-bond donors (Lipinski definition) is 0. The second-order valence-electron chi connectivity index (χ2n) is 8.27. The summed E-state index contributed by atoms with van der Waals surface area (Å²) in [5, 5.41) is 0. The van der Waals surface area contributed by atoms with Gasteiger partial charge in [-0.2, -0.15) is 0 Å². The quantitative estimate of drug-likeness (QED) is 0.206. The Morgan fingerprint density at radius 3 is 1.69 bits per heavy atom. The monoisotopic (exact) mass is 520 g/mol. The summed E-state index contributed by atoms with van der Waals surface area (Å²) >= 11 is 2.50. The molecule has 0 spiro atoms. The zero-order valence-corrected chi connectivity index (χ0v) is 19.7. The van der Waals surface area contributed by atoms with Crippen LogP contribution in [0.1, 0.15) is 22.3 Å². The van der Waals surface area contributed by atoms with Gasteiger partial charge in [0.05, 0.1) is 5.41 Å². The van der Waals surface area contributed by atoms with Gasteiger partial charge in [0.1, 0.15) is 0 Å². The first-order valence-electron chi connectivity index (χ1n) is 10.9. The number of fused-ring (bicyclic) bond motifs is 3. The van der Waals surface area contributed by atoms with Crippen LogP contribution in [0.4, 0.5) is 0 Å². The van der Waals surface area contributed by atoms with Crippen LogP contribution in [0.3, 0.4) is 0 Å². The van der Waals surface area contributed by atoms with Crippen LogP contribution in [0.5, 0.6) is 0 Å². The summed E-state index contributed by atoms with van der Waals surface area (Å²) in [5.41, 5.74) is 10.2. The van der Waals surface area contributed by atoms with E-state index in [1.165, 1.54) is 48.1 Å². The fourth-order valence-corrected chi connectivity index (χ4v) is 6.09. The second-order valence-corrected chi connectivity index (χ2v) is 9.43. The van der Waals surface area contributed by atoms with Gasteiger partial charge in [-0.3, -0.25) is 0 Å². The Hall–Kier alpha value is -3.17. The van der Waals surface area contributed by atoms with Gasteiger partial charge in [0.15, 0.2) is 0 Å². The Balaban J connectivity index is 1.77. The third kappa shape index (κ3) is 2.81. The van der Waals surface area contributed by atoms with Crippen LogP contribution in [0, 0.1) is 3.57 Å². The molecule has 0 fully saturated rings. The fourth-order valence-electron chi connectivity index (χ4n) is 5.30. The summed E-state index contributed by atoms with van der Waals surface area (Å²) in [4.78, 5) is 0. The minimum atomic E-state index is -0.348. The van der Waals surface area contributed by atoms with Crippen LogP contribution in [0.15, 0.2) is 127 Å². The van der Waals surface area contributed by atoms with E-state index in [4.69, 9.17) is 0 Å². The first-order chi connectivity index (χ1) is 15.8. The van der Waals surface area contributed by atoms with Crippen LogP contribution >= 0.6 is 22.6 Å². The van der Waals surface area contributed by atoms with Crippen LogP contribution < -0.4 is 0 Å². The first-order valence-corrected chi connectivity index (χ1v) is 12.0. The van der Waals surface area contributed by atoms with Gasteiger partial charge in [0, 0.05) is 9.13 Å². The number of rotatable bonds is 3. The zero-order valence-electron chi connectivity index (χ0n) is 17.5. The molecule has 0 atom stereocenters. The maximum absolute atomic E-state index is 2.50. The van der Waals surface area contributed by atoms with E-state index in [9.17, 15) is 0 Å². The molecule has 0 nitrogen and oxygen atoms in total. The summed E-state index contributed by atoms with van der Waals surface area (Å²) in [6.45, 7) is 0. The maximum Gasteiger partial charge on any atom is 0.0714 e. The predicted octanol–water partition coefficient (Wildman–Crippen LogP) is 8.32. The van der Waals surface area contributed by atoms with Crippen molar-refractivity contribution < 1.29 is 0 Å². The van der Waals surface area contributed by atoms with Gasteiger partial charge in [0.2, 0.25) is 0 Å². The standard InChI is InChI=1S/C31H21I/c32-29-18-10-17-27-30(29)26-20-19-23(22-11-4-1-5-12-22)21-28(26)31(27,24-13-6-2-7-14-24)25-15-8-3-9-16-25/h1-21H. The molecule has 0 amide bonds. The lowest BCUT2D eigenvalue weighted by Crippen LogP contribution is -2.28. The summed E-state index contributed by atoms with van der Waals surface area (Å²) in [6, 6.07) is 46.4. The summed E-state index contributed by atoms with van der Waals surface area (Å²) in [7, 11) is 0. The highest BCUT2D eigenvalue weighted by Gasteiger charge is 2.46. The van der Waals surface area contributed by atoms with Crippen LogP contribution in [0.2, 0.25) is 0 Å². The van der Waals surface area contributed by atoms with Crippen molar-refractivity contribution >= 4 is 22.6 Å². The molecule has 152 valence electrons. The van der Waals surface area contributed by atoms with E-state index in [0.29, 0.717) is 0 Å². The molecule has 32 heavy (non-hydrogen) atoms. The third-order valence-electron chi connectivity index (χ3n) is 6.63. The van der Waals surface area contributed by atoms with Gasteiger partial charge in [-0.15, -0.1) is 0 Å². The average molecular weight is 520 g/mol. The van der Waals surface area contributed by atoms with E-state index >= 15 is 0 Å². The Kier molecular flexibility index (Phi) is 4.73. The van der Waals surface area contributed by atoms with Crippen molar-refractivity contribution in [3.8, 4) is 22.3 Å². The van der Waals surface area contributed by atoms with E-state index in [1.54, 1.807) is 0 Å². The molecule has 6 rings (SSSR count). The Morgan fingerprint density at radius 2 is 1.06 bits per heavy atom. The highest BCUT2D eigenvalue weighted by Crippen LogP contribution is 2.57. The van der Waals surface area contributed by atoms with Gasteiger partial charge < -0.3 is 0 Å². The highest BCUT2D eigenvalue weighted by atomic mass is 127. The Bertz CT molecular complexity index is 1360. The second kappa shape index (κ2) is 7.75. The third-order valence-corrected chi connectivity index (χ3v) is 7.53. The SMILES string of the molecule is Ic1cccc2c1-c1ccc(-c3ccccc3)cc1C2(c1ccccc1)c1ccccc1. The molecule has 0 bridgehead atoms. The first kappa shape index (κ1) is 19.5. The number of benzene rings is 5. The molecule has 0 heterocycles. The summed E-state index contributed by atoms with van der Waals surface area (Å²) < 4.78 is 1.29. The maximum atomic E-state index is 2.50. The predicted molar refractivity (Wildman–Crippen MR) is 142 cm³/mol. The minimum absolute atomic E-state index is 0.348. The molecule has 0 saturated carbocycles. The lowest BCUT2D eigenvalue weighted by Gasteiger charge is -2.34. The van der Waals surface area contributed by atoms with Crippen molar-refractivity contribution in [3.63, 3.8) is 0 Å². The molecule has 0 radical (unpaired) electrons. The van der Waals surface area contributed by atoms with Crippen LogP contribution in [-0.4, -0.2) is 0 Å². The molecular formula is C31H21I. The van der Waals surface area contributed by atoms with Crippen molar-refractivity contribution in [3.05, 3.63) is 153 Å². The van der Waals surface area contributed by atoms with Gasteiger partial charge in [0.25, 0.3) is 0 Å². The molecule has 1 heteroatoms. The fraction of sp³-hybridized carbons (Fsp3) is 0.0323. The Morgan fingerprint density at radius 1 is 0.469 bits per heavy atom. The van der Waals surface area contributed by atoms with Gasteiger partial charge in [-0.05, 0) is 73.7 Å². The van der Waals surface area contributed by atoms with Crippen molar-refractivity contribution in [1.29, 1.82) is 0 Å². The largest absolute Gasteiger partial charge is 0.0714 e. The number of halogens is 1. The molecule has 5 aromatic carbocycles. The van der Waals surface area contributed by atoms with Crippen LogP contribution in [0.25, 0.3) is 22.3 Å². The summed E-state index contributed by atoms with van der Waals surface area (Å²) in [5.74, 6) is 0. The smallest absolute Gasteiger partial charge is 0.0622 e. The van der Waals surface area contributed by atoms with E-state index < -0.39 is 0 Å². The van der Waals surface area contributed by atoms with Crippen molar-refractivity contribution in [2.75, 3.05) is 0 Å². The van der Waals surface area contributed by atoms with Crippen LogP contribution in [-0.2, 0) is 5.41 Å². The molecular weight excluding hydrogens is 499 g/mol. The zero-order chi connectivity index (χ0) is 21.5. The average Bonchev–Trinajstić information content (AvgIpc) is 3.17. The molecule has 0 saturated heterocycles. The van der Waals surface area contributed by atoms with E-state index in [1.807, 2.05) is 0 Å².